The van der Waals surface area contributed by atoms with Crippen LogP contribution in [0.2, 0.25) is 0 Å². The Bertz CT molecular complexity index is 1420. The van der Waals surface area contributed by atoms with Crippen molar-refractivity contribution in [1.29, 1.82) is 5.26 Å². The minimum atomic E-state index is -0.526. The standard InChI is InChI=1S/C27H26FN5O3/c1-18-15-19(2)33(27(36)21(18)16-29)17-25(34)30-23-9-5-3-7-20(23)26(35)32-13-11-31(12-14-32)24-10-6-4-8-22(24)28/h3-10,15H,11-14,17H2,1-2H3,(H,30,34). The second-order valence-corrected chi connectivity index (χ2v) is 8.67. The number of nitriles is 1. The number of anilines is 2. The van der Waals surface area contributed by atoms with Crippen molar-refractivity contribution in [3.63, 3.8) is 0 Å². The number of nitrogens with zero attached hydrogens (tertiary/aromatic N) is 4. The molecular weight excluding hydrogens is 461 g/mol. The number of hydrogen-bond acceptors (Lipinski definition) is 5. The van der Waals surface area contributed by atoms with E-state index in [-0.39, 0.29) is 23.8 Å². The molecule has 8 nitrogen and oxygen atoms in total. The third-order valence-electron chi connectivity index (χ3n) is 6.31. The molecule has 36 heavy (non-hydrogen) atoms. The zero-order valence-corrected chi connectivity index (χ0v) is 20.1. The van der Waals surface area contributed by atoms with E-state index in [1.807, 2.05) is 11.0 Å². The number of amides is 2. The van der Waals surface area contributed by atoms with Crippen LogP contribution in [0.15, 0.2) is 59.4 Å². The van der Waals surface area contributed by atoms with E-state index in [1.54, 1.807) is 67.3 Å². The number of pyridine rings is 1. The van der Waals surface area contributed by atoms with E-state index in [0.717, 1.165) is 0 Å². The van der Waals surface area contributed by atoms with Gasteiger partial charge in [-0.2, -0.15) is 5.26 Å². The van der Waals surface area contributed by atoms with Gasteiger partial charge in [0.15, 0.2) is 0 Å². The molecule has 4 rings (SSSR count). The third-order valence-corrected chi connectivity index (χ3v) is 6.31. The first kappa shape index (κ1) is 24.7. The van der Waals surface area contributed by atoms with Gasteiger partial charge in [-0.1, -0.05) is 24.3 Å². The average Bonchev–Trinajstić information content (AvgIpc) is 2.87. The van der Waals surface area contributed by atoms with Crippen molar-refractivity contribution in [3.8, 4) is 6.07 Å². The van der Waals surface area contributed by atoms with E-state index in [2.05, 4.69) is 5.32 Å². The van der Waals surface area contributed by atoms with Gasteiger partial charge >= 0.3 is 0 Å². The lowest BCUT2D eigenvalue weighted by atomic mass is 10.1. The topological polar surface area (TPSA) is 98.4 Å². The Balaban J connectivity index is 1.47. The summed E-state index contributed by atoms with van der Waals surface area (Å²) in [6, 6.07) is 16.8. The van der Waals surface area contributed by atoms with Crippen molar-refractivity contribution >= 4 is 23.2 Å². The van der Waals surface area contributed by atoms with Crippen LogP contribution in [0.3, 0.4) is 0 Å². The zero-order valence-electron chi connectivity index (χ0n) is 20.1. The van der Waals surface area contributed by atoms with Crippen LogP contribution in [0.25, 0.3) is 0 Å². The van der Waals surface area contributed by atoms with E-state index in [9.17, 15) is 24.0 Å². The van der Waals surface area contributed by atoms with Crippen molar-refractivity contribution in [1.82, 2.24) is 9.47 Å². The summed E-state index contributed by atoms with van der Waals surface area (Å²) >= 11 is 0. The van der Waals surface area contributed by atoms with Crippen LogP contribution in [0.4, 0.5) is 15.8 Å². The highest BCUT2D eigenvalue weighted by Crippen LogP contribution is 2.22. The van der Waals surface area contributed by atoms with E-state index >= 15 is 0 Å². The lowest BCUT2D eigenvalue weighted by Gasteiger charge is -2.36. The molecule has 9 heteroatoms. The van der Waals surface area contributed by atoms with Gasteiger partial charge in [0.25, 0.3) is 11.5 Å². The summed E-state index contributed by atoms with van der Waals surface area (Å²) < 4.78 is 15.4. The van der Waals surface area contributed by atoms with Gasteiger partial charge in [0.05, 0.1) is 16.9 Å². The van der Waals surface area contributed by atoms with Gasteiger partial charge in [-0.15, -0.1) is 0 Å². The smallest absolute Gasteiger partial charge is 0.269 e. The number of hydrogen-bond donors (Lipinski definition) is 1. The van der Waals surface area contributed by atoms with Gasteiger partial charge < -0.3 is 19.7 Å². The van der Waals surface area contributed by atoms with Crippen molar-refractivity contribution in [3.05, 3.63) is 93.2 Å². The molecule has 1 aromatic heterocycles. The van der Waals surface area contributed by atoms with Gasteiger partial charge in [-0.05, 0) is 49.7 Å². The number of carbonyl (C=O) groups is 2. The number of benzene rings is 2. The van der Waals surface area contributed by atoms with Crippen molar-refractivity contribution < 1.29 is 14.0 Å². The molecule has 0 atom stereocenters. The number of para-hydroxylation sites is 2. The summed E-state index contributed by atoms with van der Waals surface area (Å²) in [4.78, 5) is 42.3. The van der Waals surface area contributed by atoms with Crippen LogP contribution in [0.1, 0.15) is 27.2 Å². The number of aryl methyl sites for hydroxylation is 2. The number of halogens is 1. The molecule has 2 heterocycles. The largest absolute Gasteiger partial charge is 0.366 e. The van der Waals surface area contributed by atoms with Crippen LogP contribution in [0.5, 0.6) is 0 Å². The van der Waals surface area contributed by atoms with Crippen LogP contribution < -0.4 is 15.8 Å². The fourth-order valence-electron chi connectivity index (χ4n) is 4.40. The highest BCUT2D eigenvalue weighted by molar-refractivity contribution is 6.03. The number of carbonyl (C=O) groups excluding carboxylic acids is 2. The maximum absolute atomic E-state index is 14.1. The number of nitrogens with one attached hydrogen (secondary N) is 1. The van der Waals surface area contributed by atoms with E-state index in [1.165, 1.54) is 10.6 Å². The predicted octanol–water partition coefficient (Wildman–Crippen LogP) is 3.08. The van der Waals surface area contributed by atoms with Gasteiger partial charge in [0.2, 0.25) is 5.91 Å². The molecule has 0 radical (unpaired) electrons. The summed E-state index contributed by atoms with van der Waals surface area (Å²) in [6.07, 6.45) is 0. The Morgan fingerprint density at radius 3 is 2.39 bits per heavy atom. The molecule has 184 valence electrons. The van der Waals surface area contributed by atoms with Gasteiger partial charge in [-0.25, -0.2) is 4.39 Å². The maximum atomic E-state index is 14.1. The molecule has 0 spiro atoms. The van der Waals surface area contributed by atoms with Crippen molar-refractivity contribution in [2.75, 3.05) is 36.4 Å². The molecule has 0 bridgehead atoms. The molecule has 1 aliphatic rings. The Hall–Kier alpha value is -4.45. The average molecular weight is 488 g/mol. The molecule has 0 unspecified atom stereocenters. The molecule has 1 saturated heterocycles. The van der Waals surface area contributed by atoms with Gasteiger partial charge in [0.1, 0.15) is 24.0 Å². The first-order chi connectivity index (χ1) is 17.3. The number of rotatable bonds is 5. The van der Waals surface area contributed by atoms with E-state index < -0.39 is 11.5 Å². The van der Waals surface area contributed by atoms with Crippen molar-refractivity contribution in [2.45, 2.75) is 20.4 Å². The second-order valence-electron chi connectivity index (χ2n) is 8.67. The zero-order chi connectivity index (χ0) is 25.8. The summed E-state index contributed by atoms with van der Waals surface area (Å²) in [5.41, 5.74) is 1.77. The van der Waals surface area contributed by atoms with Crippen molar-refractivity contribution in [2.24, 2.45) is 0 Å². The summed E-state index contributed by atoms with van der Waals surface area (Å²) in [7, 11) is 0. The highest BCUT2D eigenvalue weighted by Gasteiger charge is 2.25. The Labute approximate surface area is 208 Å². The molecule has 3 aromatic rings. The Morgan fingerprint density at radius 2 is 1.69 bits per heavy atom. The monoisotopic (exact) mass is 487 g/mol. The molecular formula is C27H26FN5O3. The van der Waals surface area contributed by atoms with E-state index in [4.69, 9.17) is 0 Å². The second kappa shape index (κ2) is 10.4. The molecule has 0 aliphatic carbocycles. The summed E-state index contributed by atoms with van der Waals surface area (Å²) in [5, 5.41) is 12.0. The normalized spacial score (nSPS) is 13.3. The summed E-state index contributed by atoms with van der Waals surface area (Å²) in [6.45, 7) is 4.87. The summed E-state index contributed by atoms with van der Waals surface area (Å²) in [5.74, 6) is -1.03. The van der Waals surface area contributed by atoms with Crippen LogP contribution in [0, 0.1) is 31.0 Å². The van der Waals surface area contributed by atoms with Gasteiger partial charge in [0, 0.05) is 31.9 Å². The SMILES string of the molecule is Cc1cc(C)n(CC(=O)Nc2ccccc2C(=O)N2CCN(c3ccccc3F)CC2)c(=O)c1C#N. The fourth-order valence-corrected chi connectivity index (χ4v) is 4.40. The molecule has 2 aromatic carbocycles. The fraction of sp³-hybridized carbons (Fsp3) is 0.259. The molecule has 1 fully saturated rings. The highest BCUT2D eigenvalue weighted by atomic mass is 19.1. The minimum Gasteiger partial charge on any atom is -0.366 e. The number of aromatic nitrogens is 1. The van der Waals surface area contributed by atoms with E-state index in [0.29, 0.717) is 54.4 Å². The third kappa shape index (κ3) is 4.98. The number of piperazine rings is 1. The Kier molecular flexibility index (Phi) is 7.15. The quantitative estimate of drug-likeness (QED) is 0.597. The first-order valence-corrected chi connectivity index (χ1v) is 11.6. The lowest BCUT2D eigenvalue weighted by molar-refractivity contribution is -0.116. The Morgan fingerprint density at radius 1 is 1.03 bits per heavy atom. The molecule has 1 aliphatic heterocycles. The molecule has 1 N–H and O–H groups in total. The molecule has 0 saturated carbocycles. The van der Waals surface area contributed by atoms with Crippen LogP contribution >= 0.6 is 0 Å². The lowest BCUT2D eigenvalue weighted by Crippen LogP contribution is -2.49. The van der Waals surface area contributed by atoms with Crippen LogP contribution in [-0.2, 0) is 11.3 Å². The first-order valence-electron chi connectivity index (χ1n) is 11.6. The van der Waals surface area contributed by atoms with Gasteiger partial charge in [-0.3, -0.25) is 14.4 Å². The molecule has 2 amide bonds. The predicted molar refractivity (Wildman–Crippen MR) is 134 cm³/mol. The minimum absolute atomic E-state index is 0.00138. The maximum Gasteiger partial charge on any atom is 0.269 e. The van der Waals surface area contributed by atoms with Crippen LogP contribution in [-0.4, -0.2) is 47.5 Å².